The molecule has 4 nitrogen and oxygen atoms in total. The summed E-state index contributed by atoms with van der Waals surface area (Å²) < 4.78 is 5.15. The first-order valence-electron chi connectivity index (χ1n) is 5.93. The third-order valence-corrected chi connectivity index (χ3v) is 2.25. The first-order valence-corrected chi connectivity index (χ1v) is 5.93. The van der Waals surface area contributed by atoms with Gasteiger partial charge in [-0.25, -0.2) is 0 Å². The lowest BCUT2D eigenvalue weighted by Gasteiger charge is -2.06. The Labute approximate surface area is 102 Å². The first kappa shape index (κ1) is 13.7. The van der Waals surface area contributed by atoms with Crippen LogP contribution in [0.2, 0.25) is 0 Å². The summed E-state index contributed by atoms with van der Waals surface area (Å²) in [5, 5.41) is 2.77. The largest absolute Gasteiger partial charge is 0.372 e. The van der Waals surface area contributed by atoms with Gasteiger partial charge in [0, 0.05) is 12.3 Å². The summed E-state index contributed by atoms with van der Waals surface area (Å²) in [7, 11) is 0. The van der Waals surface area contributed by atoms with E-state index in [0.29, 0.717) is 13.2 Å². The van der Waals surface area contributed by atoms with Crippen LogP contribution in [0.4, 0.5) is 5.69 Å². The topological polar surface area (TPSA) is 64.3 Å². The van der Waals surface area contributed by atoms with Crippen LogP contribution in [0.15, 0.2) is 24.3 Å². The number of hydrogen-bond donors (Lipinski definition) is 2. The standard InChI is InChI=1S/C13H20N2O2/c1-2-9-17-10-13(16)15-12-5-3-11(4-6-12)7-8-14/h3-6H,2,7-10,14H2,1H3,(H,15,16). The highest BCUT2D eigenvalue weighted by Crippen LogP contribution is 2.09. The number of anilines is 1. The second-order valence-corrected chi connectivity index (χ2v) is 3.84. The Morgan fingerprint density at radius 3 is 2.65 bits per heavy atom. The predicted molar refractivity (Wildman–Crippen MR) is 68.9 cm³/mol. The summed E-state index contributed by atoms with van der Waals surface area (Å²) in [6.45, 7) is 3.37. The van der Waals surface area contributed by atoms with E-state index in [2.05, 4.69) is 5.32 Å². The number of nitrogens with one attached hydrogen (secondary N) is 1. The SMILES string of the molecule is CCCOCC(=O)Nc1ccc(CCN)cc1. The number of benzene rings is 1. The average Bonchev–Trinajstić information content (AvgIpc) is 2.32. The van der Waals surface area contributed by atoms with Gasteiger partial charge in [-0.15, -0.1) is 0 Å². The van der Waals surface area contributed by atoms with Gasteiger partial charge in [0.2, 0.25) is 5.91 Å². The molecule has 0 atom stereocenters. The van der Waals surface area contributed by atoms with Gasteiger partial charge in [-0.1, -0.05) is 19.1 Å². The minimum Gasteiger partial charge on any atom is -0.372 e. The third-order valence-electron chi connectivity index (χ3n) is 2.25. The molecule has 94 valence electrons. The quantitative estimate of drug-likeness (QED) is 0.706. The van der Waals surface area contributed by atoms with Crippen LogP contribution in [0.5, 0.6) is 0 Å². The van der Waals surface area contributed by atoms with Crippen molar-refractivity contribution < 1.29 is 9.53 Å². The molecule has 1 amide bonds. The maximum atomic E-state index is 11.4. The molecule has 0 saturated heterocycles. The van der Waals surface area contributed by atoms with Crippen molar-refractivity contribution >= 4 is 11.6 Å². The van der Waals surface area contributed by atoms with Crippen molar-refractivity contribution in [2.24, 2.45) is 5.73 Å². The van der Waals surface area contributed by atoms with Gasteiger partial charge in [0.25, 0.3) is 0 Å². The molecule has 0 aliphatic rings. The number of carbonyl (C=O) groups is 1. The van der Waals surface area contributed by atoms with Crippen molar-refractivity contribution in [2.75, 3.05) is 25.1 Å². The summed E-state index contributed by atoms with van der Waals surface area (Å²) in [5.41, 5.74) is 7.42. The van der Waals surface area contributed by atoms with Gasteiger partial charge >= 0.3 is 0 Å². The van der Waals surface area contributed by atoms with E-state index in [0.717, 1.165) is 18.5 Å². The van der Waals surface area contributed by atoms with E-state index in [1.807, 2.05) is 31.2 Å². The second-order valence-electron chi connectivity index (χ2n) is 3.84. The molecular formula is C13H20N2O2. The lowest BCUT2D eigenvalue weighted by atomic mass is 10.1. The fraction of sp³-hybridized carbons (Fsp3) is 0.462. The van der Waals surface area contributed by atoms with Crippen LogP contribution in [-0.4, -0.2) is 25.7 Å². The van der Waals surface area contributed by atoms with Crippen LogP contribution in [0.25, 0.3) is 0 Å². The number of hydrogen-bond acceptors (Lipinski definition) is 3. The zero-order chi connectivity index (χ0) is 12.5. The predicted octanol–water partition coefficient (Wildman–Crippen LogP) is 1.55. The molecule has 0 aromatic heterocycles. The fourth-order valence-electron chi connectivity index (χ4n) is 1.43. The second kappa shape index (κ2) is 7.81. The molecule has 0 aliphatic carbocycles. The maximum Gasteiger partial charge on any atom is 0.250 e. The van der Waals surface area contributed by atoms with E-state index < -0.39 is 0 Å². The number of rotatable bonds is 7. The van der Waals surface area contributed by atoms with Crippen LogP contribution in [-0.2, 0) is 16.0 Å². The summed E-state index contributed by atoms with van der Waals surface area (Å²) in [5.74, 6) is -0.120. The minimum absolute atomic E-state index is 0.110. The normalized spacial score (nSPS) is 10.2. The Kier molecular flexibility index (Phi) is 6.29. The molecule has 3 N–H and O–H groups in total. The summed E-state index contributed by atoms with van der Waals surface area (Å²) >= 11 is 0. The van der Waals surface area contributed by atoms with Crippen LogP contribution in [0.3, 0.4) is 0 Å². The Balaban J connectivity index is 2.37. The summed E-state index contributed by atoms with van der Waals surface area (Å²) in [6, 6.07) is 7.69. The van der Waals surface area contributed by atoms with Gasteiger partial charge in [0.1, 0.15) is 6.61 Å². The Hall–Kier alpha value is -1.39. The zero-order valence-corrected chi connectivity index (χ0v) is 10.2. The molecule has 17 heavy (non-hydrogen) atoms. The smallest absolute Gasteiger partial charge is 0.250 e. The molecule has 0 unspecified atom stereocenters. The molecule has 0 heterocycles. The van der Waals surface area contributed by atoms with E-state index in [1.54, 1.807) is 0 Å². The minimum atomic E-state index is -0.120. The molecule has 0 fully saturated rings. The molecule has 0 aliphatic heterocycles. The van der Waals surface area contributed by atoms with Gasteiger partial charge in [-0.2, -0.15) is 0 Å². The highest BCUT2D eigenvalue weighted by molar-refractivity contribution is 5.91. The van der Waals surface area contributed by atoms with Gasteiger partial charge in [-0.3, -0.25) is 4.79 Å². The molecule has 1 aromatic rings. The molecule has 4 heteroatoms. The Bertz CT molecular complexity index is 336. The molecule has 0 saturated carbocycles. The van der Waals surface area contributed by atoms with Crippen molar-refractivity contribution in [1.82, 2.24) is 0 Å². The van der Waals surface area contributed by atoms with E-state index in [9.17, 15) is 4.79 Å². The molecule has 0 spiro atoms. The van der Waals surface area contributed by atoms with Crippen LogP contribution in [0, 0.1) is 0 Å². The average molecular weight is 236 g/mol. The van der Waals surface area contributed by atoms with Crippen LogP contribution < -0.4 is 11.1 Å². The van der Waals surface area contributed by atoms with Crippen molar-refractivity contribution in [2.45, 2.75) is 19.8 Å². The monoisotopic (exact) mass is 236 g/mol. The fourth-order valence-corrected chi connectivity index (χ4v) is 1.43. The summed E-state index contributed by atoms with van der Waals surface area (Å²) in [4.78, 5) is 11.4. The highest BCUT2D eigenvalue weighted by atomic mass is 16.5. The molecule has 1 aromatic carbocycles. The number of carbonyl (C=O) groups excluding carboxylic acids is 1. The van der Waals surface area contributed by atoms with E-state index in [-0.39, 0.29) is 12.5 Å². The van der Waals surface area contributed by atoms with Gasteiger partial charge < -0.3 is 15.8 Å². The van der Waals surface area contributed by atoms with Crippen LogP contribution in [0.1, 0.15) is 18.9 Å². The Morgan fingerprint density at radius 1 is 1.35 bits per heavy atom. The Morgan fingerprint density at radius 2 is 2.06 bits per heavy atom. The van der Waals surface area contributed by atoms with Gasteiger partial charge in [0.05, 0.1) is 0 Å². The van der Waals surface area contributed by atoms with E-state index in [4.69, 9.17) is 10.5 Å². The lowest BCUT2D eigenvalue weighted by molar-refractivity contribution is -0.120. The number of ether oxygens (including phenoxy) is 1. The van der Waals surface area contributed by atoms with Crippen molar-refractivity contribution in [1.29, 1.82) is 0 Å². The highest BCUT2D eigenvalue weighted by Gasteiger charge is 2.01. The van der Waals surface area contributed by atoms with Gasteiger partial charge in [0.15, 0.2) is 0 Å². The van der Waals surface area contributed by atoms with Crippen molar-refractivity contribution in [3.63, 3.8) is 0 Å². The van der Waals surface area contributed by atoms with Crippen molar-refractivity contribution in [3.8, 4) is 0 Å². The van der Waals surface area contributed by atoms with Gasteiger partial charge in [-0.05, 0) is 37.1 Å². The molecular weight excluding hydrogens is 216 g/mol. The first-order chi connectivity index (χ1) is 8.26. The maximum absolute atomic E-state index is 11.4. The number of amides is 1. The number of nitrogens with two attached hydrogens (primary N) is 1. The molecule has 0 bridgehead atoms. The van der Waals surface area contributed by atoms with E-state index >= 15 is 0 Å². The van der Waals surface area contributed by atoms with Crippen LogP contribution >= 0.6 is 0 Å². The lowest BCUT2D eigenvalue weighted by Crippen LogP contribution is -2.18. The summed E-state index contributed by atoms with van der Waals surface area (Å²) in [6.07, 6.45) is 1.77. The molecule has 1 rings (SSSR count). The zero-order valence-electron chi connectivity index (χ0n) is 10.2. The van der Waals surface area contributed by atoms with E-state index in [1.165, 1.54) is 5.56 Å². The third kappa shape index (κ3) is 5.47. The molecule has 0 radical (unpaired) electrons. The van der Waals surface area contributed by atoms with Crippen molar-refractivity contribution in [3.05, 3.63) is 29.8 Å².